The van der Waals surface area contributed by atoms with Gasteiger partial charge in [0.25, 0.3) is 0 Å². The van der Waals surface area contributed by atoms with Gasteiger partial charge in [0.1, 0.15) is 6.04 Å². The quantitative estimate of drug-likeness (QED) is 0.678. The Morgan fingerprint density at radius 1 is 1.00 bits per heavy atom. The lowest BCUT2D eigenvalue weighted by Gasteiger charge is -2.24. The molecule has 1 saturated heterocycles. The number of pyridine rings is 1. The van der Waals surface area contributed by atoms with Crippen molar-refractivity contribution in [1.82, 2.24) is 20.0 Å². The predicted octanol–water partition coefficient (Wildman–Crippen LogP) is 4.08. The first-order valence-corrected chi connectivity index (χ1v) is 8.84. The van der Waals surface area contributed by atoms with Crippen molar-refractivity contribution in [2.24, 2.45) is 0 Å². The first-order chi connectivity index (χ1) is 11.8. The number of hydrogen-bond acceptors (Lipinski definition) is 5. The van der Waals surface area contributed by atoms with E-state index in [1.807, 2.05) is 12.1 Å². The van der Waals surface area contributed by atoms with Crippen molar-refractivity contribution in [1.29, 1.82) is 0 Å². The summed E-state index contributed by atoms with van der Waals surface area (Å²) in [4.78, 5) is 11.1. The SMILES string of the molecule is Brc1ccc(C(c2nc(-c3ccncc3)no2)N2CCCC2)cc1. The molecule has 24 heavy (non-hydrogen) atoms. The van der Waals surface area contributed by atoms with Crippen LogP contribution in [0.15, 0.2) is 57.8 Å². The van der Waals surface area contributed by atoms with E-state index in [0.717, 1.165) is 23.1 Å². The van der Waals surface area contributed by atoms with Crippen LogP contribution in [0.2, 0.25) is 0 Å². The molecule has 0 radical (unpaired) electrons. The van der Waals surface area contributed by atoms with Crippen molar-refractivity contribution < 1.29 is 4.52 Å². The molecule has 1 aliphatic heterocycles. The summed E-state index contributed by atoms with van der Waals surface area (Å²) in [5, 5.41) is 4.17. The molecule has 0 amide bonds. The monoisotopic (exact) mass is 384 g/mol. The van der Waals surface area contributed by atoms with Crippen LogP contribution in [-0.4, -0.2) is 33.1 Å². The van der Waals surface area contributed by atoms with Crippen LogP contribution >= 0.6 is 15.9 Å². The second-order valence-electron chi connectivity index (χ2n) is 5.89. The molecule has 3 aromatic rings. The molecule has 2 aromatic heterocycles. The number of halogens is 1. The van der Waals surface area contributed by atoms with Gasteiger partial charge in [-0.3, -0.25) is 9.88 Å². The summed E-state index contributed by atoms with van der Waals surface area (Å²) >= 11 is 3.50. The van der Waals surface area contributed by atoms with E-state index < -0.39 is 0 Å². The van der Waals surface area contributed by atoms with E-state index in [1.165, 1.54) is 18.4 Å². The highest BCUT2D eigenvalue weighted by Gasteiger charge is 2.30. The zero-order chi connectivity index (χ0) is 16.4. The van der Waals surface area contributed by atoms with Crippen molar-refractivity contribution in [2.75, 3.05) is 13.1 Å². The maximum Gasteiger partial charge on any atom is 0.248 e. The number of likely N-dealkylation sites (tertiary alicyclic amines) is 1. The van der Waals surface area contributed by atoms with Crippen molar-refractivity contribution in [3.8, 4) is 11.4 Å². The van der Waals surface area contributed by atoms with Crippen molar-refractivity contribution >= 4 is 15.9 Å². The number of nitrogens with zero attached hydrogens (tertiary/aromatic N) is 4. The van der Waals surface area contributed by atoms with Crippen LogP contribution in [0.5, 0.6) is 0 Å². The molecule has 0 N–H and O–H groups in total. The highest BCUT2D eigenvalue weighted by molar-refractivity contribution is 9.10. The molecule has 1 unspecified atom stereocenters. The van der Waals surface area contributed by atoms with E-state index in [9.17, 15) is 0 Å². The molecule has 6 heteroatoms. The molecular formula is C18H17BrN4O. The highest BCUT2D eigenvalue weighted by Crippen LogP contribution is 2.32. The smallest absolute Gasteiger partial charge is 0.248 e. The van der Waals surface area contributed by atoms with Crippen LogP contribution in [0.1, 0.15) is 30.3 Å². The fourth-order valence-electron chi connectivity index (χ4n) is 3.12. The number of benzene rings is 1. The minimum Gasteiger partial charge on any atom is -0.337 e. The predicted molar refractivity (Wildman–Crippen MR) is 94.3 cm³/mol. The van der Waals surface area contributed by atoms with Gasteiger partial charge < -0.3 is 4.52 Å². The second kappa shape index (κ2) is 6.83. The van der Waals surface area contributed by atoms with E-state index in [4.69, 9.17) is 4.52 Å². The summed E-state index contributed by atoms with van der Waals surface area (Å²) in [6.45, 7) is 2.10. The Hall–Kier alpha value is -2.05. The molecule has 0 bridgehead atoms. The van der Waals surface area contributed by atoms with Gasteiger partial charge in [-0.1, -0.05) is 33.2 Å². The lowest BCUT2D eigenvalue weighted by atomic mass is 10.1. The summed E-state index contributed by atoms with van der Waals surface area (Å²) in [5.41, 5.74) is 2.08. The van der Waals surface area contributed by atoms with Crippen LogP contribution in [0.4, 0.5) is 0 Å². The molecule has 0 saturated carbocycles. The fourth-order valence-corrected chi connectivity index (χ4v) is 3.38. The Labute approximate surface area is 148 Å². The third kappa shape index (κ3) is 3.12. The number of rotatable bonds is 4. The van der Waals surface area contributed by atoms with E-state index in [2.05, 4.69) is 60.2 Å². The molecule has 1 atom stereocenters. The Bertz CT molecular complexity index is 797. The molecule has 1 aliphatic rings. The van der Waals surface area contributed by atoms with Gasteiger partial charge in [-0.2, -0.15) is 4.98 Å². The summed E-state index contributed by atoms with van der Waals surface area (Å²) in [7, 11) is 0. The van der Waals surface area contributed by atoms with Crippen LogP contribution in [-0.2, 0) is 0 Å². The van der Waals surface area contributed by atoms with E-state index >= 15 is 0 Å². The maximum absolute atomic E-state index is 5.64. The fraction of sp³-hybridized carbons (Fsp3) is 0.278. The molecule has 0 aliphatic carbocycles. The van der Waals surface area contributed by atoms with E-state index in [0.29, 0.717) is 11.7 Å². The van der Waals surface area contributed by atoms with Crippen molar-refractivity contribution in [2.45, 2.75) is 18.9 Å². The lowest BCUT2D eigenvalue weighted by Crippen LogP contribution is -2.26. The van der Waals surface area contributed by atoms with E-state index in [1.54, 1.807) is 12.4 Å². The first kappa shape index (κ1) is 15.5. The largest absolute Gasteiger partial charge is 0.337 e. The van der Waals surface area contributed by atoms with Gasteiger partial charge in [0.05, 0.1) is 0 Å². The topological polar surface area (TPSA) is 55.1 Å². The zero-order valence-electron chi connectivity index (χ0n) is 13.1. The summed E-state index contributed by atoms with van der Waals surface area (Å²) in [5.74, 6) is 1.25. The minimum absolute atomic E-state index is 0.00341. The maximum atomic E-state index is 5.64. The third-order valence-electron chi connectivity index (χ3n) is 4.31. The molecule has 1 fully saturated rings. The summed E-state index contributed by atoms with van der Waals surface area (Å²) < 4.78 is 6.71. The second-order valence-corrected chi connectivity index (χ2v) is 6.80. The molecular weight excluding hydrogens is 368 g/mol. The molecule has 122 valence electrons. The van der Waals surface area contributed by atoms with Crippen LogP contribution in [0.25, 0.3) is 11.4 Å². The first-order valence-electron chi connectivity index (χ1n) is 8.05. The van der Waals surface area contributed by atoms with Gasteiger partial charge in [0.15, 0.2) is 0 Å². The number of hydrogen-bond donors (Lipinski definition) is 0. The summed E-state index contributed by atoms with van der Waals surface area (Å²) in [6, 6.07) is 12.1. The van der Waals surface area contributed by atoms with Crippen molar-refractivity contribution in [3.05, 3.63) is 64.7 Å². The number of aromatic nitrogens is 3. The van der Waals surface area contributed by atoms with Crippen LogP contribution < -0.4 is 0 Å². The Balaban J connectivity index is 1.71. The molecule has 0 spiro atoms. The van der Waals surface area contributed by atoms with Gasteiger partial charge in [-0.15, -0.1) is 0 Å². The minimum atomic E-state index is 0.00341. The van der Waals surface area contributed by atoms with Gasteiger partial charge in [0, 0.05) is 22.4 Å². The van der Waals surface area contributed by atoms with Gasteiger partial charge in [-0.05, 0) is 55.8 Å². The molecule has 3 heterocycles. The van der Waals surface area contributed by atoms with E-state index in [-0.39, 0.29) is 6.04 Å². The average molecular weight is 385 g/mol. The molecule has 1 aromatic carbocycles. The Morgan fingerprint density at radius 3 is 2.42 bits per heavy atom. The Kier molecular flexibility index (Phi) is 4.40. The average Bonchev–Trinajstić information content (AvgIpc) is 3.30. The van der Waals surface area contributed by atoms with Crippen LogP contribution in [0, 0.1) is 0 Å². The third-order valence-corrected chi connectivity index (χ3v) is 4.83. The molecule has 5 nitrogen and oxygen atoms in total. The van der Waals surface area contributed by atoms with Crippen LogP contribution in [0.3, 0.4) is 0 Å². The van der Waals surface area contributed by atoms with Gasteiger partial charge >= 0.3 is 0 Å². The zero-order valence-corrected chi connectivity index (χ0v) is 14.7. The molecule has 4 rings (SSSR count). The van der Waals surface area contributed by atoms with Crippen molar-refractivity contribution in [3.63, 3.8) is 0 Å². The Morgan fingerprint density at radius 2 is 1.71 bits per heavy atom. The lowest BCUT2D eigenvalue weighted by molar-refractivity contribution is 0.225. The normalized spacial score (nSPS) is 16.4. The standard InChI is InChI=1S/C18H17BrN4O/c19-15-5-3-13(4-6-15)16(23-11-1-2-12-23)18-21-17(22-24-18)14-7-9-20-10-8-14/h3-10,16H,1-2,11-12H2. The highest BCUT2D eigenvalue weighted by atomic mass is 79.9. The van der Waals surface area contributed by atoms with Gasteiger partial charge in [-0.25, -0.2) is 0 Å². The summed E-state index contributed by atoms with van der Waals surface area (Å²) in [6.07, 6.45) is 5.88. The van der Waals surface area contributed by atoms with Gasteiger partial charge in [0.2, 0.25) is 11.7 Å².